The maximum absolute atomic E-state index is 11.5. The molecule has 1 aromatic heterocycles. The number of nitrogens with zero attached hydrogens (tertiary/aromatic N) is 1. The zero-order chi connectivity index (χ0) is 12.0. The zero-order valence-corrected chi connectivity index (χ0v) is 10.00. The minimum atomic E-state index is -0.0597. The summed E-state index contributed by atoms with van der Waals surface area (Å²) in [6.45, 7) is 1.93. The van der Waals surface area contributed by atoms with Gasteiger partial charge in [-0.05, 0) is 25.8 Å². The fourth-order valence-corrected chi connectivity index (χ4v) is 1.42. The number of nitrogens with two attached hydrogens (primary N) is 1. The summed E-state index contributed by atoms with van der Waals surface area (Å²) in [7, 11) is 0. The molecular formula is C11H16ClN3O. The van der Waals surface area contributed by atoms with Gasteiger partial charge in [0.2, 0.25) is 5.91 Å². The number of hydrogen-bond acceptors (Lipinski definition) is 3. The number of carbonyl (C=O) groups is 1. The van der Waals surface area contributed by atoms with Gasteiger partial charge in [0.15, 0.2) is 0 Å². The predicted molar refractivity (Wildman–Crippen MR) is 65.4 cm³/mol. The average Bonchev–Trinajstić information content (AvgIpc) is 2.21. The lowest BCUT2D eigenvalue weighted by molar-refractivity contribution is -0.116. The molecule has 0 saturated carbocycles. The van der Waals surface area contributed by atoms with Crippen molar-refractivity contribution in [2.24, 2.45) is 5.73 Å². The van der Waals surface area contributed by atoms with Gasteiger partial charge in [0.05, 0.1) is 16.9 Å². The minimum absolute atomic E-state index is 0.0597. The Balaban J connectivity index is 2.37. The van der Waals surface area contributed by atoms with Gasteiger partial charge in [-0.15, -0.1) is 0 Å². The molecule has 1 atom stereocenters. The largest absolute Gasteiger partial charge is 0.328 e. The number of carbonyl (C=O) groups excluding carboxylic acids is 1. The number of pyridine rings is 1. The summed E-state index contributed by atoms with van der Waals surface area (Å²) in [6, 6.07) is 1.77. The van der Waals surface area contributed by atoms with E-state index in [1.807, 2.05) is 6.92 Å². The van der Waals surface area contributed by atoms with Gasteiger partial charge >= 0.3 is 0 Å². The topological polar surface area (TPSA) is 68.0 Å². The minimum Gasteiger partial charge on any atom is -0.328 e. The lowest BCUT2D eigenvalue weighted by Crippen LogP contribution is -2.17. The molecule has 0 radical (unpaired) electrons. The Morgan fingerprint density at radius 2 is 2.44 bits per heavy atom. The van der Waals surface area contributed by atoms with Crippen LogP contribution in [0.3, 0.4) is 0 Å². The Morgan fingerprint density at radius 1 is 1.69 bits per heavy atom. The van der Waals surface area contributed by atoms with Crippen LogP contribution < -0.4 is 11.1 Å². The standard InChI is InChI=1S/C11H16ClN3O/c1-8(13)3-2-4-11(16)15-10-7-14-6-5-9(10)12/h5-8H,2-4,13H2,1H3,(H,15,16). The first-order chi connectivity index (χ1) is 7.59. The van der Waals surface area contributed by atoms with E-state index < -0.39 is 0 Å². The van der Waals surface area contributed by atoms with Crippen LogP contribution in [-0.4, -0.2) is 16.9 Å². The average molecular weight is 242 g/mol. The monoisotopic (exact) mass is 241 g/mol. The number of hydrogen-bond donors (Lipinski definition) is 2. The molecule has 1 heterocycles. The van der Waals surface area contributed by atoms with Crippen LogP contribution in [0, 0.1) is 0 Å². The molecule has 0 bridgehead atoms. The first-order valence-electron chi connectivity index (χ1n) is 5.24. The zero-order valence-electron chi connectivity index (χ0n) is 9.24. The molecule has 0 saturated heterocycles. The van der Waals surface area contributed by atoms with E-state index in [0.717, 1.165) is 12.8 Å². The SMILES string of the molecule is CC(N)CCCC(=O)Nc1cnccc1Cl. The molecule has 1 amide bonds. The van der Waals surface area contributed by atoms with Crippen molar-refractivity contribution in [2.45, 2.75) is 32.2 Å². The van der Waals surface area contributed by atoms with Crippen molar-refractivity contribution in [1.29, 1.82) is 0 Å². The van der Waals surface area contributed by atoms with Crippen molar-refractivity contribution in [3.63, 3.8) is 0 Å². The summed E-state index contributed by atoms with van der Waals surface area (Å²) in [5.74, 6) is -0.0597. The molecule has 0 spiro atoms. The second-order valence-electron chi connectivity index (χ2n) is 3.77. The molecule has 0 aromatic carbocycles. The summed E-state index contributed by atoms with van der Waals surface area (Å²) in [6.07, 6.45) is 5.18. The lowest BCUT2D eigenvalue weighted by atomic mass is 10.1. The van der Waals surface area contributed by atoms with Gasteiger partial charge in [-0.3, -0.25) is 9.78 Å². The Labute approximate surface area is 100 Å². The number of amides is 1. The summed E-state index contributed by atoms with van der Waals surface area (Å²) in [5.41, 5.74) is 6.14. The summed E-state index contributed by atoms with van der Waals surface area (Å²) < 4.78 is 0. The van der Waals surface area contributed by atoms with Crippen LogP contribution in [0.1, 0.15) is 26.2 Å². The van der Waals surface area contributed by atoms with Crippen molar-refractivity contribution in [3.05, 3.63) is 23.5 Å². The van der Waals surface area contributed by atoms with E-state index >= 15 is 0 Å². The maximum atomic E-state index is 11.5. The van der Waals surface area contributed by atoms with Crippen LogP contribution in [0.25, 0.3) is 0 Å². The van der Waals surface area contributed by atoms with E-state index in [-0.39, 0.29) is 11.9 Å². The second kappa shape index (κ2) is 6.45. The fraction of sp³-hybridized carbons (Fsp3) is 0.455. The molecule has 1 aromatic rings. The van der Waals surface area contributed by atoms with Gasteiger partial charge in [-0.2, -0.15) is 0 Å². The number of halogens is 1. The van der Waals surface area contributed by atoms with E-state index in [2.05, 4.69) is 10.3 Å². The van der Waals surface area contributed by atoms with Crippen molar-refractivity contribution in [3.8, 4) is 0 Å². The molecule has 1 unspecified atom stereocenters. The van der Waals surface area contributed by atoms with E-state index in [4.69, 9.17) is 17.3 Å². The van der Waals surface area contributed by atoms with Gasteiger partial charge < -0.3 is 11.1 Å². The number of rotatable bonds is 5. The molecule has 0 aliphatic heterocycles. The highest BCUT2D eigenvalue weighted by atomic mass is 35.5. The molecular weight excluding hydrogens is 226 g/mol. The first-order valence-corrected chi connectivity index (χ1v) is 5.62. The highest BCUT2D eigenvalue weighted by Crippen LogP contribution is 2.19. The Hall–Kier alpha value is -1.13. The van der Waals surface area contributed by atoms with Gasteiger partial charge in [0.1, 0.15) is 0 Å². The molecule has 0 fully saturated rings. The number of aromatic nitrogens is 1. The van der Waals surface area contributed by atoms with Crippen molar-refractivity contribution in [1.82, 2.24) is 4.98 Å². The van der Waals surface area contributed by atoms with Crippen LogP contribution in [0.15, 0.2) is 18.5 Å². The molecule has 1 rings (SSSR count). The second-order valence-corrected chi connectivity index (χ2v) is 4.18. The van der Waals surface area contributed by atoms with Crippen molar-refractivity contribution >= 4 is 23.2 Å². The van der Waals surface area contributed by atoms with Crippen LogP contribution in [0.5, 0.6) is 0 Å². The van der Waals surface area contributed by atoms with Gasteiger partial charge in [-0.25, -0.2) is 0 Å². The lowest BCUT2D eigenvalue weighted by Gasteiger charge is -2.07. The van der Waals surface area contributed by atoms with Gasteiger partial charge in [-0.1, -0.05) is 11.6 Å². The summed E-state index contributed by atoms with van der Waals surface area (Å²) in [4.78, 5) is 15.4. The predicted octanol–water partition coefficient (Wildman–Crippen LogP) is 2.19. The van der Waals surface area contributed by atoms with E-state index in [0.29, 0.717) is 17.1 Å². The maximum Gasteiger partial charge on any atom is 0.224 e. The Morgan fingerprint density at radius 3 is 3.06 bits per heavy atom. The Kier molecular flexibility index (Phi) is 5.22. The van der Waals surface area contributed by atoms with E-state index in [1.165, 1.54) is 6.20 Å². The highest BCUT2D eigenvalue weighted by Gasteiger charge is 2.05. The number of anilines is 1. The molecule has 3 N–H and O–H groups in total. The highest BCUT2D eigenvalue weighted by molar-refractivity contribution is 6.33. The van der Waals surface area contributed by atoms with Gasteiger partial charge in [0, 0.05) is 18.7 Å². The summed E-state index contributed by atoms with van der Waals surface area (Å²) >= 11 is 5.88. The van der Waals surface area contributed by atoms with E-state index in [1.54, 1.807) is 12.3 Å². The smallest absolute Gasteiger partial charge is 0.224 e. The molecule has 0 aliphatic rings. The molecule has 4 nitrogen and oxygen atoms in total. The third-order valence-corrected chi connectivity index (χ3v) is 2.43. The molecule has 0 aliphatic carbocycles. The van der Waals surface area contributed by atoms with Crippen LogP contribution in [-0.2, 0) is 4.79 Å². The summed E-state index contributed by atoms with van der Waals surface area (Å²) in [5, 5.41) is 3.21. The third kappa shape index (κ3) is 4.59. The van der Waals surface area contributed by atoms with Gasteiger partial charge in [0.25, 0.3) is 0 Å². The van der Waals surface area contributed by atoms with Crippen LogP contribution >= 0.6 is 11.6 Å². The Bertz CT molecular complexity index is 355. The third-order valence-electron chi connectivity index (χ3n) is 2.11. The number of nitrogens with one attached hydrogen (secondary N) is 1. The molecule has 88 valence electrons. The molecule has 16 heavy (non-hydrogen) atoms. The molecule has 5 heteroatoms. The van der Waals surface area contributed by atoms with E-state index in [9.17, 15) is 4.79 Å². The van der Waals surface area contributed by atoms with Crippen LogP contribution in [0.2, 0.25) is 5.02 Å². The van der Waals surface area contributed by atoms with Crippen LogP contribution in [0.4, 0.5) is 5.69 Å². The fourth-order valence-electron chi connectivity index (χ4n) is 1.27. The normalized spacial score (nSPS) is 12.2. The first kappa shape index (κ1) is 12.9. The quantitative estimate of drug-likeness (QED) is 0.830. The van der Waals surface area contributed by atoms with Crippen molar-refractivity contribution in [2.75, 3.05) is 5.32 Å². The van der Waals surface area contributed by atoms with Crippen molar-refractivity contribution < 1.29 is 4.79 Å².